The van der Waals surface area contributed by atoms with Crippen LogP contribution in [0.4, 0.5) is 0 Å². The average molecular weight is 523 g/mol. The van der Waals surface area contributed by atoms with Crippen LogP contribution in [0.1, 0.15) is 67.6 Å². The molecule has 0 heterocycles. The molecule has 2 rings (SSSR count). The molecule has 0 spiro atoms. The molecule has 6 heteroatoms. The second-order valence-corrected chi connectivity index (χ2v) is 10.1. The summed E-state index contributed by atoms with van der Waals surface area (Å²) in [6.45, 7) is 13.4. The van der Waals surface area contributed by atoms with Crippen LogP contribution in [-0.2, 0) is 23.0 Å². The number of aliphatic hydroxyl groups is 1. The van der Waals surface area contributed by atoms with E-state index in [9.17, 15) is 10.1 Å². The number of aryl methyl sites for hydroxylation is 1. The Hall–Kier alpha value is -3.14. The van der Waals surface area contributed by atoms with Crippen molar-refractivity contribution in [1.29, 1.82) is 5.26 Å². The Morgan fingerprint density at radius 1 is 1.18 bits per heavy atom. The van der Waals surface area contributed by atoms with Crippen molar-refractivity contribution in [3.63, 3.8) is 0 Å². The normalized spacial score (nSPS) is 12.2. The van der Waals surface area contributed by atoms with Crippen molar-refractivity contribution < 1.29 is 19.4 Å². The van der Waals surface area contributed by atoms with Gasteiger partial charge in [0.1, 0.15) is 5.75 Å². The van der Waals surface area contributed by atoms with Crippen molar-refractivity contribution in [2.45, 2.75) is 58.8 Å². The van der Waals surface area contributed by atoms with Crippen molar-refractivity contribution in [2.75, 3.05) is 41.0 Å². The fraction of sp³-hybridized carbons (Fsp3) is 0.500. The number of esters is 1. The number of aliphatic hydroxyl groups excluding tert-OH is 1. The summed E-state index contributed by atoms with van der Waals surface area (Å²) in [6, 6.07) is 16.4. The van der Waals surface area contributed by atoms with Crippen molar-refractivity contribution in [3.8, 4) is 11.8 Å². The number of carbonyl (C=O) groups excluding carboxylic acids is 1. The van der Waals surface area contributed by atoms with Crippen LogP contribution in [0.3, 0.4) is 0 Å². The van der Waals surface area contributed by atoms with Gasteiger partial charge in [-0.25, -0.2) is 4.79 Å². The third-order valence-corrected chi connectivity index (χ3v) is 6.88. The third-order valence-electron chi connectivity index (χ3n) is 6.88. The maximum absolute atomic E-state index is 12.0. The van der Waals surface area contributed by atoms with Gasteiger partial charge in [-0.15, -0.1) is 0 Å². The zero-order chi connectivity index (χ0) is 28.7. The van der Waals surface area contributed by atoms with Gasteiger partial charge in [0.15, 0.2) is 0 Å². The van der Waals surface area contributed by atoms with Crippen molar-refractivity contribution in [1.82, 2.24) is 4.90 Å². The van der Waals surface area contributed by atoms with E-state index in [4.69, 9.17) is 14.6 Å². The Morgan fingerprint density at radius 2 is 1.87 bits per heavy atom. The molecule has 1 atom stereocenters. The first kappa shape index (κ1) is 32.9. The van der Waals surface area contributed by atoms with Crippen LogP contribution in [0.2, 0.25) is 0 Å². The van der Waals surface area contributed by atoms with Gasteiger partial charge in [0.2, 0.25) is 0 Å². The molecule has 2 aromatic carbocycles. The number of ether oxygens (including phenoxy) is 2. The van der Waals surface area contributed by atoms with E-state index in [1.807, 2.05) is 18.2 Å². The van der Waals surface area contributed by atoms with Crippen molar-refractivity contribution in [3.05, 3.63) is 76.9 Å². The summed E-state index contributed by atoms with van der Waals surface area (Å²) in [6.07, 6.45) is 3.53. The molecule has 0 aliphatic heterocycles. The predicted octanol–water partition coefficient (Wildman–Crippen LogP) is 5.97. The molecule has 0 radical (unpaired) electrons. The zero-order valence-corrected chi connectivity index (χ0v) is 24.3. The standard InChI is InChI=1S/C28H38N2O3.C4H8O/c1-7-23-13-12-22(18-26(23)32-5)14-17-30(4)16-9-15-28(20-29,21(2)3)25-11-8-10-24(19-25)27(31)33-6;1-4(2)3-5/h8,10-13,18-19,21H,7,9,14-17H2,1-6H3;5H,1,3H2,2H3. The van der Waals surface area contributed by atoms with Gasteiger partial charge in [0.05, 0.1) is 37.9 Å². The van der Waals surface area contributed by atoms with Crippen LogP contribution in [0.15, 0.2) is 54.6 Å². The summed E-state index contributed by atoms with van der Waals surface area (Å²) in [5.74, 6) is 0.698. The molecule has 0 fully saturated rings. The smallest absolute Gasteiger partial charge is 0.337 e. The summed E-state index contributed by atoms with van der Waals surface area (Å²) in [5, 5.41) is 18.2. The Kier molecular flexibility index (Phi) is 14.4. The monoisotopic (exact) mass is 522 g/mol. The zero-order valence-electron chi connectivity index (χ0n) is 24.3. The lowest BCUT2D eigenvalue weighted by Crippen LogP contribution is -2.33. The molecule has 0 amide bonds. The van der Waals surface area contributed by atoms with Gasteiger partial charge in [-0.05, 0) is 87.0 Å². The summed E-state index contributed by atoms with van der Waals surface area (Å²) >= 11 is 0. The molecule has 208 valence electrons. The van der Waals surface area contributed by atoms with Crippen molar-refractivity contribution in [2.24, 2.45) is 5.92 Å². The van der Waals surface area contributed by atoms with Crippen LogP contribution in [0, 0.1) is 17.2 Å². The molecule has 2 aromatic rings. The molecule has 1 N–H and O–H groups in total. The van der Waals surface area contributed by atoms with Gasteiger partial charge < -0.3 is 19.5 Å². The first-order valence-electron chi connectivity index (χ1n) is 13.3. The highest BCUT2D eigenvalue weighted by Crippen LogP contribution is 2.37. The minimum absolute atomic E-state index is 0.111. The lowest BCUT2D eigenvalue weighted by atomic mass is 9.69. The van der Waals surface area contributed by atoms with Gasteiger partial charge in [-0.2, -0.15) is 5.26 Å². The van der Waals surface area contributed by atoms with E-state index < -0.39 is 5.41 Å². The lowest BCUT2D eigenvalue weighted by Gasteiger charge is -2.32. The number of hydrogen-bond donors (Lipinski definition) is 1. The lowest BCUT2D eigenvalue weighted by molar-refractivity contribution is 0.0600. The molecule has 0 bridgehead atoms. The largest absolute Gasteiger partial charge is 0.496 e. The topological polar surface area (TPSA) is 82.8 Å². The Balaban J connectivity index is 0.00000132. The summed E-state index contributed by atoms with van der Waals surface area (Å²) in [7, 11) is 5.22. The number of hydrogen-bond acceptors (Lipinski definition) is 6. The number of carbonyl (C=O) groups is 1. The van der Waals surface area contributed by atoms with Gasteiger partial charge in [0, 0.05) is 6.54 Å². The minimum atomic E-state index is -0.645. The second-order valence-electron chi connectivity index (χ2n) is 10.1. The van der Waals surface area contributed by atoms with Crippen LogP contribution in [-0.4, -0.2) is 56.9 Å². The molecular formula is C32H46N2O4. The fourth-order valence-corrected chi connectivity index (χ4v) is 4.35. The fourth-order valence-electron chi connectivity index (χ4n) is 4.35. The number of methoxy groups -OCH3 is 2. The van der Waals surface area contributed by atoms with Gasteiger partial charge in [0.25, 0.3) is 0 Å². The van der Waals surface area contributed by atoms with Crippen LogP contribution in [0.25, 0.3) is 0 Å². The molecule has 0 saturated carbocycles. The van der Waals surface area contributed by atoms with E-state index in [1.165, 1.54) is 18.2 Å². The first-order valence-corrected chi connectivity index (χ1v) is 13.3. The van der Waals surface area contributed by atoms with E-state index in [-0.39, 0.29) is 18.5 Å². The number of benzene rings is 2. The molecule has 0 saturated heterocycles. The summed E-state index contributed by atoms with van der Waals surface area (Å²) in [5.41, 5.74) is 4.03. The van der Waals surface area contributed by atoms with E-state index in [0.717, 1.165) is 55.7 Å². The minimum Gasteiger partial charge on any atom is -0.496 e. The predicted molar refractivity (Wildman–Crippen MR) is 155 cm³/mol. The van der Waals surface area contributed by atoms with Crippen LogP contribution >= 0.6 is 0 Å². The third kappa shape index (κ3) is 9.63. The van der Waals surface area contributed by atoms with Crippen LogP contribution < -0.4 is 4.74 Å². The number of likely N-dealkylation sites (N-methyl/N-ethyl adjacent to an activating group) is 1. The SMILES string of the molecule is C=C(C)CO.CCc1ccc(CCN(C)CCCC(C#N)(c2cccc(C(=O)OC)c2)C(C)C)cc1OC. The highest BCUT2D eigenvalue weighted by Gasteiger charge is 2.36. The first-order chi connectivity index (χ1) is 18.1. The highest BCUT2D eigenvalue weighted by molar-refractivity contribution is 5.89. The Labute approximate surface area is 229 Å². The van der Waals surface area contributed by atoms with E-state index in [2.05, 4.69) is 63.6 Å². The molecule has 0 aliphatic rings. The molecule has 6 nitrogen and oxygen atoms in total. The molecule has 0 aliphatic carbocycles. The van der Waals surface area contributed by atoms with E-state index >= 15 is 0 Å². The number of nitriles is 1. The average Bonchev–Trinajstić information content (AvgIpc) is 2.93. The highest BCUT2D eigenvalue weighted by atomic mass is 16.5. The van der Waals surface area contributed by atoms with Gasteiger partial charge >= 0.3 is 5.97 Å². The Bertz CT molecular complexity index is 1070. The number of nitrogens with zero attached hydrogens (tertiary/aromatic N) is 2. The van der Waals surface area contributed by atoms with Gasteiger partial charge in [-0.1, -0.05) is 57.2 Å². The maximum atomic E-state index is 12.0. The van der Waals surface area contributed by atoms with Crippen molar-refractivity contribution >= 4 is 5.97 Å². The molecular weight excluding hydrogens is 476 g/mol. The molecule has 1 unspecified atom stereocenters. The second kappa shape index (κ2) is 16.7. The molecule has 0 aromatic heterocycles. The molecule has 38 heavy (non-hydrogen) atoms. The summed E-state index contributed by atoms with van der Waals surface area (Å²) < 4.78 is 10.4. The quantitative estimate of drug-likeness (QED) is 0.258. The van der Waals surface area contributed by atoms with Crippen LogP contribution in [0.5, 0.6) is 5.75 Å². The maximum Gasteiger partial charge on any atom is 0.337 e. The summed E-state index contributed by atoms with van der Waals surface area (Å²) in [4.78, 5) is 14.3. The van der Waals surface area contributed by atoms with E-state index in [0.29, 0.717) is 5.56 Å². The Morgan fingerprint density at radius 3 is 2.39 bits per heavy atom. The number of rotatable bonds is 13. The van der Waals surface area contributed by atoms with Gasteiger partial charge in [-0.3, -0.25) is 0 Å². The van der Waals surface area contributed by atoms with E-state index in [1.54, 1.807) is 20.1 Å².